The first-order valence-corrected chi connectivity index (χ1v) is 11.2. The topological polar surface area (TPSA) is 94.5 Å². The zero-order chi connectivity index (χ0) is 23.8. The highest BCUT2D eigenvalue weighted by Crippen LogP contribution is 2.27. The first kappa shape index (κ1) is 24.1. The largest absolute Gasteiger partial charge is 0.450 e. The van der Waals surface area contributed by atoms with Crippen molar-refractivity contribution in [1.82, 2.24) is 0 Å². The molecule has 1 heterocycles. The van der Waals surface area contributed by atoms with Gasteiger partial charge in [-0.2, -0.15) is 0 Å². The number of hydrogen-bond acceptors (Lipinski definition) is 7. The van der Waals surface area contributed by atoms with Crippen LogP contribution in [0.1, 0.15) is 21.5 Å². The van der Waals surface area contributed by atoms with Crippen LogP contribution in [-0.2, 0) is 32.2 Å². The fraction of sp³-hybridized carbons (Fsp3) is 0.296. The third kappa shape index (κ3) is 6.28. The van der Waals surface area contributed by atoms with E-state index in [1.807, 2.05) is 60.7 Å². The predicted octanol–water partition coefficient (Wildman–Crippen LogP) is 3.09. The standard InChI is InChI=1S/C27H28O7/c28-23-22(18-31-16-19-10-4-1-5-11-19)33-27(30)25(34-26(29)21-14-8-3-9-15-21)24(23)32-17-20-12-6-2-7-13-20/h1-15,22-25,27-28,30H,16-18H2/t22-,23-,24+,25-,27-/m1/s1. The summed E-state index contributed by atoms with van der Waals surface area (Å²) < 4.78 is 22.8. The van der Waals surface area contributed by atoms with Crippen molar-refractivity contribution < 1.29 is 34.0 Å². The smallest absolute Gasteiger partial charge is 0.338 e. The Morgan fingerprint density at radius 3 is 1.94 bits per heavy atom. The summed E-state index contributed by atoms with van der Waals surface area (Å²) in [6.07, 6.45) is -5.82. The highest BCUT2D eigenvalue weighted by atomic mass is 16.7. The van der Waals surface area contributed by atoms with Gasteiger partial charge >= 0.3 is 5.97 Å². The van der Waals surface area contributed by atoms with Gasteiger partial charge in [0, 0.05) is 0 Å². The molecule has 0 spiro atoms. The molecule has 0 bridgehead atoms. The molecule has 178 valence electrons. The van der Waals surface area contributed by atoms with E-state index in [-0.39, 0.29) is 13.2 Å². The first-order chi connectivity index (χ1) is 16.6. The van der Waals surface area contributed by atoms with Gasteiger partial charge in [0.25, 0.3) is 0 Å². The SMILES string of the molecule is O=C(O[C@@H]1[C@@H](OCc2ccccc2)[C@H](O)[C@@H](COCc2ccccc2)O[C@H]1O)c1ccccc1. The van der Waals surface area contributed by atoms with Crippen molar-refractivity contribution in [3.63, 3.8) is 0 Å². The fourth-order valence-corrected chi connectivity index (χ4v) is 3.76. The molecule has 2 N–H and O–H groups in total. The number of aliphatic hydroxyl groups is 2. The van der Waals surface area contributed by atoms with Crippen LogP contribution in [0.15, 0.2) is 91.0 Å². The number of hydrogen-bond donors (Lipinski definition) is 2. The van der Waals surface area contributed by atoms with Gasteiger partial charge in [0.05, 0.1) is 25.4 Å². The molecule has 7 heteroatoms. The zero-order valence-corrected chi connectivity index (χ0v) is 18.6. The average molecular weight is 465 g/mol. The van der Waals surface area contributed by atoms with Gasteiger partial charge in [0.1, 0.15) is 18.3 Å². The van der Waals surface area contributed by atoms with Gasteiger partial charge in [-0.05, 0) is 23.3 Å². The Morgan fingerprint density at radius 2 is 1.32 bits per heavy atom. The Hall–Kier alpha value is -3.07. The van der Waals surface area contributed by atoms with Crippen LogP contribution in [-0.4, -0.2) is 53.5 Å². The van der Waals surface area contributed by atoms with E-state index in [1.165, 1.54) is 0 Å². The summed E-state index contributed by atoms with van der Waals surface area (Å²) in [4.78, 5) is 12.6. The molecular formula is C27H28O7. The summed E-state index contributed by atoms with van der Waals surface area (Å²) in [6, 6.07) is 27.4. The molecule has 3 aromatic carbocycles. The molecule has 5 atom stereocenters. The van der Waals surface area contributed by atoms with Crippen molar-refractivity contribution >= 4 is 5.97 Å². The number of carbonyl (C=O) groups is 1. The van der Waals surface area contributed by atoms with Crippen molar-refractivity contribution in [2.24, 2.45) is 0 Å². The second kappa shape index (κ2) is 11.9. The molecule has 1 fully saturated rings. The van der Waals surface area contributed by atoms with E-state index in [4.69, 9.17) is 18.9 Å². The lowest BCUT2D eigenvalue weighted by molar-refractivity contribution is -0.297. The minimum Gasteiger partial charge on any atom is -0.450 e. The van der Waals surface area contributed by atoms with Crippen LogP contribution in [0, 0.1) is 0 Å². The van der Waals surface area contributed by atoms with Gasteiger partial charge < -0.3 is 29.2 Å². The summed E-state index contributed by atoms with van der Waals surface area (Å²) in [5.41, 5.74) is 2.17. The first-order valence-electron chi connectivity index (χ1n) is 11.2. The molecule has 3 aromatic rings. The van der Waals surface area contributed by atoms with Crippen LogP contribution in [0.4, 0.5) is 0 Å². The molecule has 1 aliphatic rings. The van der Waals surface area contributed by atoms with Crippen molar-refractivity contribution in [2.75, 3.05) is 6.61 Å². The number of aliphatic hydroxyl groups excluding tert-OH is 2. The summed E-state index contributed by atoms with van der Waals surface area (Å²) >= 11 is 0. The summed E-state index contributed by atoms with van der Waals surface area (Å²) in [6.45, 7) is 0.509. The van der Waals surface area contributed by atoms with Crippen molar-refractivity contribution in [2.45, 2.75) is 43.9 Å². The monoisotopic (exact) mass is 464 g/mol. The fourth-order valence-electron chi connectivity index (χ4n) is 3.76. The third-order valence-electron chi connectivity index (χ3n) is 5.57. The van der Waals surface area contributed by atoms with Gasteiger partial charge in [0.2, 0.25) is 0 Å². The van der Waals surface area contributed by atoms with Gasteiger partial charge in [-0.25, -0.2) is 4.79 Å². The van der Waals surface area contributed by atoms with Crippen LogP contribution in [0.5, 0.6) is 0 Å². The second-order valence-corrected chi connectivity index (χ2v) is 8.05. The molecule has 4 rings (SSSR count). The molecule has 7 nitrogen and oxygen atoms in total. The average Bonchev–Trinajstić information content (AvgIpc) is 2.88. The van der Waals surface area contributed by atoms with Gasteiger partial charge in [-0.3, -0.25) is 0 Å². The van der Waals surface area contributed by atoms with E-state index >= 15 is 0 Å². The summed E-state index contributed by atoms with van der Waals surface area (Å²) in [7, 11) is 0. The number of ether oxygens (including phenoxy) is 4. The van der Waals surface area contributed by atoms with Crippen LogP contribution >= 0.6 is 0 Å². The highest BCUT2D eigenvalue weighted by molar-refractivity contribution is 5.89. The number of esters is 1. The van der Waals surface area contributed by atoms with E-state index in [0.717, 1.165) is 11.1 Å². The molecule has 0 aromatic heterocycles. The Labute approximate surface area is 198 Å². The van der Waals surface area contributed by atoms with Crippen molar-refractivity contribution in [1.29, 1.82) is 0 Å². The normalized spacial score (nSPS) is 24.5. The van der Waals surface area contributed by atoms with E-state index in [0.29, 0.717) is 12.2 Å². The highest BCUT2D eigenvalue weighted by Gasteiger charge is 2.48. The van der Waals surface area contributed by atoms with E-state index < -0.39 is 36.7 Å². The molecule has 0 radical (unpaired) electrons. The lowest BCUT2D eigenvalue weighted by atomic mass is 9.98. The van der Waals surface area contributed by atoms with Crippen LogP contribution in [0.25, 0.3) is 0 Å². The molecule has 0 saturated carbocycles. The second-order valence-electron chi connectivity index (χ2n) is 8.05. The molecule has 1 aliphatic heterocycles. The molecule has 1 saturated heterocycles. The third-order valence-corrected chi connectivity index (χ3v) is 5.57. The van der Waals surface area contributed by atoms with Crippen LogP contribution in [0.2, 0.25) is 0 Å². The lowest BCUT2D eigenvalue weighted by Gasteiger charge is -2.42. The minimum absolute atomic E-state index is 0.0255. The number of rotatable bonds is 9. The van der Waals surface area contributed by atoms with Gasteiger partial charge in [0.15, 0.2) is 12.4 Å². The molecule has 0 aliphatic carbocycles. The Balaban J connectivity index is 1.45. The maximum absolute atomic E-state index is 12.6. The van der Waals surface area contributed by atoms with Gasteiger partial charge in [-0.1, -0.05) is 78.9 Å². The molecule has 0 amide bonds. The summed E-state index contributed by atoms with van der Waals surface area (Å²) in [5, 5.41) is 21.7. The molecular weight excluding hydrogens is 436 g/mol. The van der Waals surface area contributed by atoms with E-state index in [9.17, 15) is 15.0 Å². The summed E-state index contributed by atoms with van der Waals surface area (Å²) in [5.74, 6) is -0.646. The Morgan fingerprint density at radius 1 is 0.765 bits per heavy atom. The van der Waals surface area contributed by atoms with Crippen LogP contribution in [0.3, 0.4) is 0 Å². The van der Waals surface area contributed by atoms with Crippen molar-refractivity contribution in [3.05, 3.63) is 108 Å². The minimum atomic E-state index is -1.50. The molecule has 34 heavy (non-hydrogen) atoms. The van der Waals surface area contributed by atoms with Gasteiger partial charge in [-0.15, -0.1) is 0 Å². The van der Waals surface area contributed by atoms with E-state index in [2.05, 4.69) is 0 Å². The maximum Gasteiger partial charge on any atom is 0.338 e. The Kier molecular flexibility index (Phi) is 8.41. The lowest BCUT2D eigenvalue weighted by Crippen LogP contribution is -2.60. The number of carbonyl (C=O) groups excluding carboxylic acids is 1. The Bertz CT molecular complexity index is 1010. The molecule has 0 unspecified atom stereocenters. The maximum atomic E-state index is 12.6. The quantitative estimate of drug-likeness (QED) is 0.470. The van der Waals surface area contributed by atoms with Crippen molar-refractivity contribution in [3.8, 4) is 0 Å². The zero-order valence-electron chi connectivity index (χ0n) is 18.6. The van der Waals surface area contributed by atoms with E-state index in [1.54, 1.807) is 30.3 Å². The predicted molar refractivity (Wildman–Crippen MR) is 124 cm³/mol. The van der Waals surface area contributed by atoms with Crippen LogP contribution < -0.4 is 0 Å². The number of benzene rings is 3.